The molecule has 1 aliphatic heterocycles. The lowest BCUT2D eigenvalue weighted by molar-refractivity contribution is -0.120. The van der Waals surface area contributed by atoms with E-state index in [-0.39, 0.29) is 17.9 Å². The van der Waals surface area contributed by atoms with Crippen molar-refractivity contribution in [1.82, 2.24) is 15.2 Å². The molecule has 1 fully saturated rings. The highest BCUT2D eigenvalue weighted by molar-refractivity contribution is 5.92. The Kier molecular flexibility index (Phi) is 6.97. The molecule has 1 N–H and O–H groups in total. The Hall–Kier alpha value is -3.45. The van der Waals surface area contributed by atoms with E-state index >= 15 is 0 Å². The molecule has 166 valence electrons. The van der Waals surface area contributed by atoms with Gasteiger partial charge in [-0.3, -0.25) is 9.59 Å². The predicted molar refractivity (Wildman–Crippen MR) is 120 cm³/mol. The number of methoxy groups -OCH3 is 1. The van der Waals surface area contributed by atoms with Crippen molar-refractivity contribution in [2.24, 2.45) is 0 Å². The third kappa shape index (κ3) is 5.42. The Morgan fingerprint density at radius 3 is 2.66 bits per heavy atom. The summed E-state index contributed by atoms with van der Waals surface area (Å²) in [6.07, 6.45) is 3.71. The van der Waals surface area contributed by atoms with Gasteiger partial charge in [-0.2, -0.15) is 0 Å². The topological polar surface area (TPSA) is 84.7 Å². The van der Waals surface area contributed by atoms with E-state index in [0.717, 1.165) is 29.5 Å². The number of carbonyl (C=O) groups excluding carboxylic acids is 2. The summed E-state index contributed by atoms with van der Waals surface area (Å²) in [6.45, 7) is 1.71. The summed E-state index contributed by atoms with van der Waals surface area (Å²) >= 11 is 0. The maximum Gasteiger partial charge on any atom is 0.275 e. The minimum atomic E-state index is -0.139. The van der Waals surface area contributed by atoms with Crippen LogP contribution < -0.4 is 5.32 Å². The maximum absolute atomic E-state index is 12.7. The lowest BCUT2D eigenvalue weighted by Gasteiger charge is -2.31. The Labute approximate surface area is 187 Å². The van der Waals surface area contributed by atoms with Crippen molar-refractivity contribution in [3.05, 3.63) is 77.7 Å². The van der Waals surface area contributed by atoms with Crippen molar-refractivity contribution in [3.63, 3.8) is 0 Å². The smallest absolute Gasteiger partial charge is 0.275 e. The van der Waals surface area contributed by atoms with Crippen LogP contribution in [0.15, 0.2) is 65.3 Å². The Morgan fingerprint density at radius 2 is 1.91 bits per heavy atom. The molecule has 0 saturated carbocycles. The van der Waals surface area contributed by atoms with Gasteiger partial charge < -0.3 is 19.4 Å². The fraction of sp³-hybridized carbons (Fsp3) is 0.320. The van der Waals surface area contributed by atoms with Crippen molar-refractivity contribution in [2.45, 2.75) is 31.9 Å². The van der Waals surface area contributed by atoms with E-state index in [1.807, 2.05) is 54.6 Å². The Bertz CT molecular complexity index is 1050. The minimum absolute atomic E-state index is 0.0236. The van der Waals surface area contributed by atoms with Crippen molar-refractivity contribution in [3.8, 4) is 11.5 Å². The quantitative estimate of drug-likeness (QED) is 0.617. The number of oxazole rings is 1. The van der Waals surface area contributed by atoms with E-state index < -0.39 is 0 Å². The number of nitrogens with one attached hydrogen (secondary N) is 1. The summed E-state index contributed by atoms with van der Waals surface area (Å²) in [5.41, 5.74) is 3.03. The van der Waals surface area contributed by atoms with Crippen LogP contribution in [0.2, 0.25) is 0 Å². The molecule has 32 heavy (non-hydrogen) atoms. The molecule has 2 amide bonds. The summed E-state index contributed by atoms with van der Waals surface area (Å²) < 4.78 is 11.0. The first-order chi connectivity index (χ1) is 15.6. The number of hydrogen-bond acceptors (Lipinski definition) is 5. The largest absolute Gasteiger partial charge is 0.444 e. The highest BCUT2D eigenvalue weighted by Crippen LogP contribution is 2.21. The molecule has 0 radical (unpaired) electrons. The monoisotopic (exact) mass is 433 g/mol. The lowest BCUT2D eigenvalue weighted by atomic mass is 10.1. The molecule has 1 aliphatic rings. The normalized spacial score (nSPS) is 16.0. The number of aromatic nitrogens is 1. The minimum Gasteiger partial charge on any atom is -0.444 e. The molecule has 7 heteroatoms. The van der Waals surface area contributed by atoms with Gasteiger partial charge in [0.15, 0.2) is 5.69 Å². The van der Waals surface area contributed by atoms with Gasteiger partial charge in [-0.05, 0) is 36.1 Å². The van der Waals surface area contributed by atoms with Gasteiger partial charge in [0.25, 0.3) is 5.91 Å². The van der Waals surface area contributed by atoms with Crippen LogP contribution in [-0.2, 0) is 22.5 Å². The first-order valence-electron chi connectivity index (χ1n) is 10.8. The van der Waals surface area contributed by atoms with E-state index in [1.165, 1.54) is 6.26 Å². The zero-order valence-corrected chi connectivity index (χ0v) is 18.1. The maximum atomic E-state index is 12.7. The van der Waals surface area contributed by atoms with Crippen LogP contribution in [0.3, 0.4) is 0 Å². The fourth-order valence-corrected chi connectivity index (χ4v) is 3.79. The van der Waals surface area contributed by atoms with E-state index in [4.69, 9.17) is 9.15 Å². The molecular formula is C25H27N3O4. The average Bonchev–Trinajstić information content (AvgIpc) is 3.33. The second-order valence-corrected chi connectivity index (χ2v) is 7.93. The van der Waals surface area contributed by atoms with Gasteiger partial charge in [-0.15, -0.1) is 0 Å². The van der Waals surface area contributed by atoms with Gasteiger partial charge >= 0.3 is 0 Å². The molecule has 0 bridgehead atoms. The third-order valence-corrected chi connectivity index (χ3v) is 5.62. The molecule has 3 aromatic rings. The van der Waals surface area contributed by atoms with Crippen LogP contribution in [0.5, 0.6) is 0 Å². The number of nitrogens with zero attached hydrogens (tertiary/aromatic N) is 2. The zero-order valence-electron chi connectivity index (χ0n) is 18.1. The molecule has 1 atom stereocenters. The molecule has 2 heterocycles. The van der Waals surface area contributed by atoms with E-state index in [1.54, 1.807) is 12.0 Å². The fourth-order valence-electron chi connectivity index (χ4n) is 3.79. The van der Waals surface area contributed by atoms with Gasteiger partial charge in [0.05, 0.1) is 12.5 Å². The first-order valence-corrected chi connectivity index (χ1v) is 10.8. The van der Waals surface area contributed by atoms with Crippen molar-refractivity contribution >= 4 is 11.8 Å². The number of hydrogen-bond donors (Lipinski definition) is 1. The van der Waals surface area contributed by atoms with E-state index in [9.17, 15) is 9.59 Å². The molecule has 2 aromatic carbocycles. The molecule has 7 nitrogen and oxygen atoms in total. The molecule has 1 aromatic heterocycles. The van der Waals surface area contributed by atoms with Gasteiger partial charge in [0.1, 0.15) is 6.26 Å². The molecule has 1 saturated heterocycles. The average molecular weight is 434 g/mol. The summed E-state index contributed by atoms with van der Waals surface area (Å²) in [7, 11) is 1.67. The summed E-state index contributed by atoms with van der Waals surface area (Å²) in [4.78, 5) is 31.0. The highest BCUT2D eigenvalue weighted by atomic mass is 16.5. The van der Waals surface area contributed by atoms with Crippen molar-refractivity contribution in [2.75, 3.05) is 20.2 Å². The van der Waals surface area contributed by atoms with Crippen molar-refractivity contribution in [1.29, 1.82) is 0 Å². The number of carbonyl (C=O) groups is 2. The number of amides is 2. The number of benzene rings is 2. The van der Waals surface area contributed by atoms with Crippen LogP contribution in [0, 0.1) is 0 Å². The first kappa shape index (κ1) is 21.8. The van der Waals surface area contributed by atoms with Crippen molar-refractivity contribution < 1.29 is 18.7 Å². The van der Waals surface area contributed by atoms with Gasteiger partial charge in [0, 0.05) is 32.3 Å². The standard InChI is InChI=1S/C25H27N3O4/c1-31-21-8-5-13-28(16-21)25(30)22-17-32-24(27-22)20-11-9-19(10-12-20)15-26-23(29)14-18-6-3-2-4-7-18/h2-4,6-7,9-12,17,21H,5,8,13-16H2,1H3,(H,26,29). The second-order valence-electron chi connectivity index (χ2n) is 7.93. The van der Waals surface area contributed by atoms with Crippen LogP contribution >= 0.6 is 0 Å². The van der Waals surface area contributed by atoms with E-state index in [0.29, 0.717) is 37.6 Å². The van der Waals surface area contributed by atoms with Crippen LogP contribution in [0.25, 0.3) is 11.5 Å². The van der Waals surface area contributed by atoms with Gasteiger partial charge in [-0.25, -0.2) is 4.98 Å². The second kappa shape index (κ2) is 10.2. The summed E-state index contributed by atoms with van der Waals surface area (Å²) in [5.74, 6) is 0.234. The Balaban J connectivity index is 1.33. The van der Waals surface area contributed by atoms with Gasteiger partial charge in [0.2, 0.25) is 11.8 Å². The van der Waals surface area contributed by atoms with Crippen LogP contribution in [-0.4, -0.2) is 48.0 Å². The molecule has 0 spiro atoms. The van der Waals surface area contributed by atoms with E-state index in [2.05, 4.69) is 10.3 Å². The predicted octanol–water partition coefficient (Wildman–Crippen LogP) is 3.45. The van der Waals surface area contributed by atoms with Crippen LogP contribution in [0.4, 0.5) is 0 Å². The zero-order chi connectivity index (χ0) is 22.3. The summed E-state index contributed by atoms with van der Waals surface area (Å²) in [5, 5.41) is 2.93. The number of ether oxygens (including phenoxy) is 1. The Morgan fingerprint density at radius 1 is 1.12 bits per heavy atom. The molecular weight excluding hydrogens is 406 g/mol. The number of likely N-dealkylation sites (tertiary alicyclic amines) is 1. The SMILES string of the molecule is COC1CCCN(C(=O)c2coc(-c3ccc(CNC(=O)Cc4ccccc4)cc3)n2)C1. The molecule has 1 unspecified atom stereocenters. The summed E-state index contributed by atoms with van der Waals surface area (Å²) in [6, 6.07) is 17.2. The highest BCUT2D eigenvalue weighted by Gasteiger charge is 2.26. The number of piperidine rings is 1. The van der Waals surface area contributed by atoms with Gasteiger partial charge in [-0.1, -0.05) is 42.5 Å². The lowest BCUT2D eigenvalue weighted by Crippen LogP contribution is -2.43. The third-order valence-electron chi connectivity index (χ3n) is 5.62. The number of rotatable bonds is 7. The molecule has 4 rings (SSSR count). The molecule has 0 aliphatic carbocycles. The van der Waals surface area contributed by atoms with Crippen LogP contribution in [0.1, 0.15) is 34.5 Å².